The predicted molar refractivity (Wildman–Crippen MR) is 80.8 cm³/mol. The Morgan fingerprint density at radius 3 is 2.95 bits per heavy atom. The number of benzene rings is 1. The largest absolute Gasteiger partial charge is 0.314 e. The van der Waals surface area contributed by atoms with Gasteiger partial charge in [-0.25, -0.2) is 0 Å². The molecule has 106 valence electrons. The Morgan fingerprint density at radius 1 is 1.58 bits per heavy atom. The van der Waals surface area contributed by atoms with Crippen molar-refractivity contribution in [3.05, 3.63) is 38.3 Å². The van der Waals surface area contributed by atoms with E-state index in [2.05, 4.69) is 33.1 Å². The number of nitrogens with one attached hydrogen (secondary N) is 1. The Bertz CT molecular complexity index is 459. The van der Waals surface area contributed by atoms with Gasteiger partial charge in [0.15, 0.2) is 0 Å². The third-order valence-corrected chi connectivity index (χ3v) is 3.90. The molecule has 1 N–H and O–H groups in total. The molecule has 1 aliphatic heterocycles. The van der Waals surface area contributed by atoms with Gasteiger partial charge in [-0.1, -0.05) is 6.07 Å². The van der Waals surface area contributed by atoms with Crippen LogP contribution in [0.3, 0.4) is 0 Å². The van der Waals surface area contributed by atoms with Gasteiger partial charge in [0, 0.05) is 38.3 Å². The molecule has 7 heteroatoms. The molecule has 1 atom stereocenters. The minimum Gasteiger partial charge on any atom is -0.314 e. The van der Waals surface area contributed by atoms with E-state index in [4.69, 9.17) is 0 Å². The molecule has 1 aromatic rings. The first-order chi connectivity index (χ1) is 8.58. The van der Waals surface area contributed by atoms with Crippen molar-refractivity contribution in [2.45, 2.75) is 19.5 Å². The van der Waals surface area contributed by atoms with E-state index < -0.39 is 0 Å². The SMILES string of the molecule is CC1CNCCN1Cc1ccc(Br)c([N+](=O)[O-])c1.Cl. The number of halogens is 2. The highest BCUT2D eigenvalue weighted by Crippen LogP contribution is 2.26. The molecule has 0 aliphatic carbocycles. The predicted octanol–water partition coefficient (Wildman–Crippen LogP) is 2.57. The molecule has 0 spiro atoms. The van der Waals surface area contributed by atoms with E-state index in [1.54, 1.807) is 12.1 Å². The molecule has 1 saturated heterocycles. The molecule has 19 heavy (non-hydrogen) atoms. The van der Waals surface area contributed by atoms with Gasteiger partial charge in [-0.05, 0) is 34.5 Å². The van der Waals surface area contributed by atoms with Crippen molar-refractivity contribution in [1.29, 1.82) is 0 Å². The average Bonchev–Trinajstić information content (AvgIpc) is 2.34. The highest BCUT2D eigenvalue weighted by atomic mass is 79.9. The summed E-state index contributed by atoms with van der Waals surface area (Å²) >= 11 is 3.20. The second-order valence-electron chi connectivity index (χ2n) is 4.57. The van der Waals surface area contributed by atoms with Crippen LogP contribution < -0.4 is 5.32 Å². The van der Waals surface area contributed by atoms with Gasteiger partial charge in [-0.2, -0.15) is 0 Å². The maximum Gasteiger partial charge on any atom is 0.283 e. The van der Waals surface area contributed by atoms with E-state index in [9.17, 15) is 10.1 Å². The number of nitro groups is 1. The second-order valence-corrected chi connectivity index (χ2v) is 5.42. The molecule has 0 aromatic heterocycles. The maximum absolute atomic E-state index is 10.9. The number of hydrogen-bond donors (Lipinski definition) is 1. The summed E-state index contributed by atoms with van der Waals surface area (Å²) in [6.07, 6.45) is 0. The molecular weight excluding hydrogens is 334 g/mol. The lowest BCUT2D eigenvalue weighted by Gasteiger charge is -2.33. The minimum absolute atomic E-state index is 0. The Balaban J connectivity index is 0.00000180. The van der Waals surface area contributed by atoms with E-state index in [1.807, 2.05) is 6.07 Å². The third-order valence-electron chi connectivity index (χ3n) is 3.23. The summed E-state index contributed by atoms with van der Waals surface area (Å²) < 4.78 is 0.532. The van der Waals surface area contributed by atoms with E-state index >= 15 is 0 Å². The monoisotopic (exact) mass is 349 g/mol. The van der Waals surface area contributed by atoms with Crippen LogP contribution in [0.1, 0.15) is 12.5 Å². The Hall–Kier alpha value is -0.690. The topological polar surface area (TPSA) is 58.4 Å². The molecule has 0 amide bonds. The zero-order valence-corrected chi connectivity index (χ0v) is 13.0. The van der Waals surface area contributed by atoms with E-state index in [0.717, 1.165) is 31.7 Å². The summed E-state index contributed by atoms with van der Waals surface area (Å²) in [4.78, 5) is 12.9. The summed E-state index contributed by atoms with van der Waals surface area (Å²) in [6, 6.07) is 5.80. The Labute approximate surface area is 127 Å². The quantitative estimate of drug-likeness (QED) is 0.672. The molecule has 1 aromatic carbocycles. The van der Waals surface area contributed by atoms with Crippen molar-refractivity contribution in [2.75, 3.05) is 19.6 Å². The number of nitrogens with zero attached hydrogens (tertiary/aromatic N) is 2. The molecule has 2 rings (SSSR count). The lowest BCUT2D eigenvalue weighted by Crippen LogP contribution is -2.49. The molecular formula is C12H17BrClN3O2. The number of nitro benzene ring substituents is 1. The van der Waals surface area contributed by atoms with Crippen LogP contribution in [0, 0.1) is 10.1 Å². The lowest BCUT2D eigenvalue weighted by atomic mass is 10.1. The van der Waals surface area contributed by atoms with Gasteiger partial charge in [0.1, 0.15) is 0 Å². The first kappa shape index (κ1) is 16.4. The summed E-state index contributed by atoms with van der Waals surface area (Å²) in [5.74, 6) is 0. The summed E-state index contributed by atoms with van der Waals surface area (Å²) in [5, 5.41) is 14.2. The zero-order chi connectivity index (χ0) is 13.1. The maximum atomic E-state index is 10.9. The van der Waals surface area contributed by atoms with Crippen molar-refractivity contribution in [3.63, 3.8) is 0 Å². The van der Waals surface area contributed by atoms with Gasteiger partial charge in [0.2, 0.25) is 0 Å². The molecule has 1 aliphatic rings. The number of hydrogen-bond acceptors (Lipinski definition) is 4. The standard InChI is InChI=1S/C12H16BrN3O2.ClH/c1-9-7-14-4-5-15(9)8-10-2-3-11(13)12(6-10)16(17)18;/h2-3,6,9,14H,4-5,7-8H2,1H3;1H. The number of piperazine rings is 1. The lowest BCUT2D eigenvalue weighted by molar-refractivity contribution is -0.385. The van der Waals surface area contributed by atoms with Crippen LogP contribution in [0.5, 0.6) is 0 Å². The van der Waals surface area contributed by atoms with E-state index in [-0.39, 0.29) is 23.0 Å². The zero-order valence-electron chi connectivity index (χ0n) is 10.6. The highest BCUT2D eigenvalue weighted by Gasteiger charge is 2.19. The Kier molecular flexibility index (Phi) is 6.19. The fourth-order valence-corrected chi connectivity index (χ4v) is 2.54. The van der Waals surface area contributed by atoms with Gasteiger partial charge in [0.05, 0.1) is 9.40 Å². The summed E-state index contributed by atoms with van der Waals surface area (Å²) in [6.45, 7) is 5.85. The summed E-state index contributed by atoms with van der Waals surface area (Å²) in [5.41, 5.74) is 1.12. The number of rotatable bonds is 3. The smallest absolute Gasteiger partial charge is 0.283 e. The molecule has 1 unspecified atom stereocenters. The average molecular weight is 351 g/mol. The van der Waals surface area contributed by atoms with Crippen molar-refractivity contribution in [2.24, 2.45) is 0 Å². The van der Waals surface area contributed by atoms with Crippen LogP contribution in [0.15, 0.2) is 22.7 Å². The molecule has 5 nitrogen and oxygen atoms in total. The van der Waals surface area contributed by atoms with Gasteiger partial charge in [-0.3, -0.25) is 15.0 Å². The van der Waals surface area contributed by atoms with Crippen LogP contribution >= 0.6 is 28.3 Å². The van der Waals surface area contributed by atoms with Crippen LogP contribution in [0.2, 0.25) is 0 Å². The van der Waals surface area contributed by atoms with Crippen molar-refractivity contribution >= 4 is 34.0 Å². The molecule has 0 saturated carbocycles. The third kappa shape index (κ3) is 4.14. The molecule has 1 heterocycles. The van der Waals surface area contributed by atoms with Gasteiger partial charge in [0.25, 0.3) is 5.69 Å². The van der Waals surface area contributed by atoms with Crippen LogP contribution in [-0.2, 0) is 6.54 Å². The van der Waals surface area contributed by atoms with E-state index in [1.165, 1.54) is 0 Å². The van der Waals surface area contributed by atoms with Crippen molar-refractivity contribution in [3.8, 4) is 0 Å². The summed E-state index contributed by atoms with van der Waals surface area (Å²) in [7, 11) is 0. The fraction of sp³-hybridized carbons (Fsp3) is 0.500. The van der Waals surface area contributed by atoms with Crippen molar-refractivity contribution in [1.82, 2.24) is 10.2 Å². The Morgan fingerprint density at radius 2 is 2.32 bits per heavy atom. The molecule has 0 bridgehead atoms. The molecule has 0 radical (unpaired) electrons. The van der Waals surface area contributed by atoms with Crippen LogP contribution in [0.4, 0.5) is 5.69 Å². The second kappa shape index (κ2) is 7.19. The van der Waals surface area contributed by atoms with E-state index in [0.29, 0.717) is 10.5 Å². The minimum atomic E-state index is -0.352. The highest BCUT2D eigenvalue weighted by molar-refractivity contribution is 9.10. The van der Waals surface area contributed by atoms with Gasteiger partial charge >= 0.3 is 0 Å². The fourth-order valence-electron chi connectivity index (χ4n) is 2.15. The van der Waals surface area contributed by atoms with Crippen LogP contribution in [-0.4, -0.2) is 35.5 Å². The normalized spacial score (nSPS) is 19.8. The van der Waals surface area contributed by atoms with Crippen LogP contribution in [0.25, 0.3) is 0 Å². The van der Waals surface area contributed by atoms with Gasteiger partial charge in [-0.15, -0.1) is 12.4 Å². The van der Waals surface area contributed by atoms with Gasteiger partial charge < -0.3 is 5.32 Å². The van der Waals surface area contributed by atoms with Crippen molar-refractivity contribution < 1.29 is 4.92 Å². The first-order valence-corrected chi connectivity index (χ1v) is 6.75. The molecule has 1 fully saturated rings. The first-order valence-electron chi connectivity index (χ1n) is 5.95.